The molecule has 0 N–H and O–H groups in total. The summed E-state index contributed by atoms with van der Waals surface area (Å²) in [6, 6.07) is 7.07. The zero-order valence-electron chi connectivity index (χ0n) is 18.1. The minimum Gasteiger partial charge on any atom is -0.491 e. The van der Waals surface area contributed by atoms with E-state index in [-0.39, 0.29) is 47.8 Å². The van der Waals surface area contributed by atoms with E-state index in [0.29, 0.717) is 11.0 Å². The predicted octanol–water partition coefficient (Wildman–Crippen LogP) is 4.16. The van der Waals surface area contributed by atoms with Crippen molar-refractivity contribution in [3.8, 4) is 23.1 Å². The van der Waals surface area contributed by atoms with Crippen molar-refractivity contribution in [2.75, 3.05) is 13.2 Å². The summed E-state index contributed by atoms with van der Waals surface area (Å²) in [6.07, 6.45) is -3.16. The number of benzene rings is 1. The number of carbonyl (C=O) groups is 1. The Bertz CT molecular complexity index is 1190. The summed E-state index contributed by atoms with van der Waals surface area (Å²) >= 11 is 0. The molecule has 0 aliphatic carbocycles. The zero-order chi connectivity index (χ0) is 23.6. The molecule has 0 saturated carbocycles. The minimum atomic E-state index is -4.67. The van der Waals surface area contributed by atoms with Gasteiger partial charge in [0.2, 0.25) is 5.91 Å². The zero-order valence-corrected chi connectivity index (χ0v) is 18.1. The molecule has 2 aromatic heterocycles. The highest BCUT2D eigenvalue weighted by molar-refractivity contribution is 5.84. The maximum absolute atomic E-state index is 13.8. The van der Waals surface area contributed by atoms with Gasteiger partial charge in [-0.25, -0.2) is 9.97 Å². The summed E-state index contributed by atoms with van der Waals surface area (Å²) in [5, 5.41) is 9.37. The molecule has 7 nitrogen and oxygen atoms in total. The Morgan fingerprint density at radius 2 is 2.03 bits per heavy atom. The number of pyridine rings is 1. The number of carbonyl (C=O) groups excluding carboxylic acids is 1. The maximum Gasteiger partial charge on any atom is 0.419 e. The lowest BCUT2D eigenvalue weighted by Gasteiger charge is -2.25. The molecule has 0 atom stereocenters. The number of hydrogen-bond acceptors (Lipinski definition) is 5. The van der Waals surface area contributed by atoms with E-state index in [9.17, 15) is 23.2 Å². The van der Waals surface area contributed by atoms with Crippen molar-refractivity contribution in [2.45, 2.75) is 33.0 Å². The number of aryl methyl sites for hydroxylation is 1. The standard InChI is InChI=1S/C22H22F3N5O2/c1-13(2)30(14(3)31)7-8-32-20-6-5-15(9-16(20)22(23,24)25)17-10-19-21(18(11-26)28-17)27-12-29(19)4/h5-6,9-10,12-13H,7-8H2,1-4H3. The quantitative estimate of drug-likeness (QED) is 0.569. The van der Waals surface area contributed by atoms with Gasteiger partial charge < -0.3 is 14.2 Å². The molecule has 168 valence electrons. The van der Waals surface area contributed by atoms with E-state index in [1.807, 2.05) is 19.9 Å². The van der Waals surface area contributed by atoms with Gasteiger partial charge in [-0.2, -0.15) is 18.4 Å². The Labute approximate surface area is 183 Å². The molecule has 3 aromatic rings. The number of fused-ring (bicyclic) bond motifs is 1. The summed E-state index contributed by atoms with van der Waals surface area (Å²) < 4.78 is 48.4. The minimum absolute atomic E-state index is 0.0324. The molecule has 32 heavy (non-hydrogen) atoms. The number of nitriles is 1. The van der Waals surface area contributed by atoms with Crippen LogP contribution < -0.4 is 4.74 Å². The van der Waals surface area contributed by atoms with Crippen LogP contribution in [0.4, 0.5) is 13.2 Å². The average molecular weight is 445 g/mol. The molecule has 1 amide bonds. The van der Waals surface area contributed by atoms with Crippen LogP contribution in [-0.4, -0.2) is 44.5 Å². The van der Waals surface area contributed by atoms with Gasteiger partial charge in [-0.05, 0) is 38.1 Å². The van der Waals surface area contributed by atoms with E-state index in [0.717, 1.165) is 6.07 Å². The monoisotopic (exact) mass is 445 g/mol. The Hall–Kier alpha value is -3.61. The van der Waals surface area contributed by atoms with Gasteiger partial charge in [-0.15, -0.1) is 0 Å². The average Bonchev–Trinajstić information content (AvgIpc) is 3.10. The van der Waals surface area contributed by atoms with Gasteiger partial charge in [-0.1, -0.05) is 0 Å². The second-order valence-electron chi connectivity index (χ2n) is 7.55. The molecular formula is C22H22F3N5O2. The van der Waals surface area contributed by atoms with Gasteiger partial charge in [0.15, 0.2) is 5.69 Å². The number of nitrogens with zero attached hydrogens (tertiary/aromatic N) is 5. The van der Waals surface area contributed by atoms with E-state index < -0.39 is 11.7 Å². The highest BCUT2D eigenvalue weighted by Crippen LogP contribution is 2.39. The number of halogens is 3. The van der Waals surface area contributed by atoms with E-state index in [2.05, 4.69) is 9.97 Å². The first-order chi connectivity index (χ1) is 15.0. The van der Waals surface area contributed by atoms with Crippen LogP contribution >= 0.6 is 0 Å². The first-order valence-corrected chi connectivity index (χ1v) is 9.86. The Morgan fingerprint density at radius 1 is 1.31 bits per heavy atom. The lowest BCUT2D eigenvalue weighted by Crippen LogP contribution is -2.38. The molecule has 0 fully saturated rings. The van der Waals surface area contributed by atoms with E-state index >= 15 is 0 Å². The molecule has 0 aliphatic heterocycles. The summed E-state index contributed by atoms with van der Waals surface area (Å²) in [7, 11) is 1.72. The molecule has 0 spiro atoms. The summed E-state index contributed by atoms with van der Waals surface area (Å²) in [6.45, 7) is 5.11. The van der Waals surface area contributed by atoms with E-state index in [1.54, 1.807) is 17.7 Å². The first-order valence-electron chi connectivity index (χ1n) is 9.86. The fourth-order valence-corrected chi connectivity index (χ4v) is 3.42. The second kappa shape index (κ2) is 8.86. The molecule has 0 bridgehead atoms. The fraction of sp³-hybridized carbons (Fsp3) is 0.364. The van der Waals surface area contributed by atoms with Crippen LogP contribution in [0.25, 0.3) is 22.3 Å². The predicted molar refractivity (Wildman–Crippen MR) is 112 cm³/mol. The van der Waals surface area contributed by atoms with Crippen molar-refractivity contribution in [2.24, 2.45) is 7.05 Å². The van der Waals surface area contributed by atoms with Crippen LogP contribution in [0.15, 0.2) is 30.6 Å². The number of ether oxygens (including phenoxy) is 1. The number of imidazole rings is 1. The molecule has 3 rings (SSSR count). The first kappa shape index (κ1) is 23.1. The van der Waals surface area contributed by atoms with Crippen LogP contribution in [-0.2, 0) is 18.0 Å². The van der Waals surface area contributed by atoms with Crippen molar-refractivity contribution in [3.05, 3.63) is 41.9 Å². The Kier molecular flexibility index (Phi) is 6.39. The van der Waals surface area contributed by atoms with Crippen molar-refractivity contribution in [1.29, 1.82) is 5.26 Å². The van der Waals surface area contributed by atoms with Crippen molar-refractivity contribution >= 4 is 16.9 Å². The lowest BCUT2D eigenvalue weighted by molar-refractivity contribution is -0.139. The molecular weight excluding hydrogens is 423 g/mol. The van der Waals surface area contributed by atoms with Crippen molar-refractivity contribution in [1.82, 2.24) is 19.4 Å². The number of alkyl halides is 3. The molecule has 1 aromatic carbocycles. The van der Waals surface area contributed by atoms with Gasteiger partial charge in [0.1, 0.15) is 23.9 Å². The van der Waals surface area contributed by atoms with Crippen LogP contribution in [0.3, 0.4) is 0 Å². The van der Waals surface area contributed by atoms with Gasteiger partial charge in [0.05, 0.1) is 29.6 Å². The van der Waals surface area contributed by atoms with Crippen LogP contribution in [0.5, 0.6) is 5.75 Å². The normalized spacial score (nSPS) is 11.6. The summed E-state index contributed by atoms with van der Waals surface area (Å²) in [4.78, 5) is 21.5. The molecule has 0 saturated heterocycles. The van der Waals surface area contributed by atoms with E-state index in [1.165, 1.54) is 30.3 Å². The van der Waals surface area contributed by atoms with Gasteiger partial charge in [-0.3, -0.25) is 4.79 Å². The number of amides is 1. The molecule has 0 unspecified atom stereocenters. The maximum atomic E-state index is 13.8. The number of aromatic nitrogens is 3. The smallest absolute Gasteiger partial charge is 0.419 e. The fourth-order valence-electron chi connectivity index (χ4n) is 3.42. The van der Waals surface area contributed by atoms with Gasteiger partial charge >= 0.3 is 6.18 Å². The van der Waals surface area contributed by atoms with Crippen LogP contribution in [0.1, 0.15) is 32.0 Å². The molecule has 0 aliphatic rings. The van der Waals surface area contributed by atoms with Gasteiger partial charge in [0, 0.05) is 25.6 Å². The Balaban J connectivity index is 1.96. The highest BCUT2D eigenvalue weighted by Gasteiger charge is 2.35. The molecule has 10 heteroatoms. The molecule has 0 radical (unpaired) electrons. The van der Waals surface area contributed by atoms with Crippen LogP contribution in [0.2, 0.25) is 0 Å². The van der Waals surface area contributed by atoms with Crippen LogP contribution in [0, 0.1) is 11.3 Å². The topological polar surface area (TPSA) is 84.0 Å². The third kappa shape index (κ3) is 4.66. The summed E-state index contributed by atoms with van der Waals surface area (Å²) in [5.41, 5.74) is 0.451. The summed E-state index contributed by atoms with van der Waals surface area (Å²) in [5.74, 6) is -0.518. The largest absolute Gasteiger partial charge is 0.491 e. The van der Waals surface area contributed by atoms with Gasteiger partial charge in [0.25, 0.3) is 0 Å². The number of hydrogen-bond donors (Lipinski definition) is 0. The van der Waals surface area contributed by atoms with Crippen molar-refractivity contribution < 1.29 is 22.7 Å². The van der Waals surface area contributed by atoms with E-state index in [4.69, 9.17) is 4.74 Å². The third-order valence-corrected chi connectivity index (χ3v) is 5.02. The lowest BCUT2D eigenvalue weighted by atomic mass is 10.1. The van der Waals surface area contributed by atoms with Crippen molar-refractivity contribution in [3.63, 3.8) is 0 Å². The number of rotatable bonds is 6. The SMILES string of the molecule is CC(=O)N(CCOc1ccc(-c2cc3c(ncn3C)c(C#N)n2)cc1C(F)(F)F)C(C)C. The highest BCUT2D eigenvalue weighted by atomic mass is 19.4. The second-order valence-corrected chi connectivity index (χ2v) is 7.55. The molecule has 2 heterocycles. The third-order valence-electron chi connectivity index (χ3n) is 5.02. The Morgan fingerprint density at radius 3 is 2.62 bits per heavy atom.